The van der Waals surface area contributed by atoms with Crippen molar-refractivity contribution in [1.29, 1.82) is 5.26 Å². The first-order valence-corrected chi connectivity index (χ1v) is 6.87. The number of hydrogen-bond acceptors (Lipinski definition) is 4. The Balaban J connectivity index is 4.86. The van der Waals surface area contributed by atoms with E-state index in [1.54, 1.807) is 6.92 Å². The Morgan fingerprint density at radius 1 is 1.10 bits per heavy atom. The summed E-state index contributed by atoms with van der Waals surface area (Å²) in [6.07, 6.45) is 0.428. The summed E-state index contributed by atoms with van der Waals surface area (Å²) in [4.78, 5) is 34.4. The minimum atomic E-state index is -1.20. The quantitative estimate of drug-likeness (QED) is 0.608. The fraction of sp³-hybridized carbons (Fsp3) is 0.714. The summed E-state index contributed by atoms with van der Waals surface area (Å²) >= 11 is 0. The van der Waals surface area contributed by atoms with Crippen LogP contribution in [-0.2, 0) is 14.4 Å². The molecule has 0 saturated heterocycles. The van der Waals surface area contributed by atoms with Crippen molar-refractivity contribution in [1.82, 2.24) is 10.6 Å². The van der Waals surface area contributed by atoms with E-state index < -0.39 is 29.9 Å². The van der Waals surface area contributed by atoms with Gasteiger partial charge in [-0.1, -0.05) is 13.8 Å². The largest absolute Gasteiger partial charge is 0.480 e. The van der Waals surface area contributed by atoms with Crippen LogP contribution in [0.1, 0.15) is 40.5 Å². The highest BCUT2D eigenvalue weighted by Gasteiger charge is 2.27. The lowest BCUT2D eigenvalue weighted by Gasteiger charge is -2.22. The molecule has 0 rings (SSSR count). The minimum absolute atomic E-state index is 0.0199. The van der Waals surface area contributed by atoms with Crippen LogP contribution in [0.3, 0.4) is 0 Å². The number of carboxylic acids is 1. The number of nitriles is 1. The maximum Gasteiger partial charge on any atom is 0.326 e. The molecule has 2 amide bonds. The van der Waals surface area contributed by atoms with Crippen molar-refractivity contribution in [2.24, 2.45) is 11.8 Å². The van der Waals surface area contributed by atoms with Crippen molar-refractivity contribution in [3.8, 4) is 6.07 Å². The van der Waals surface area contributed by atoms with Gasteiger partial charge < -0.3 is 15.7 Å². The zero-order valence-corrected chi connectivity index (χ0v) is 12.8. The van der Waals surface area contributed by atoms with E-state index in [9.17, 15) is 14.4 Å². The Morgan fingerprint density at radius 3 is 2.05 bits per heavy atom. The average molecular weight is 297 g/mol. The molecule has 0 saturated carbocycles. The zero-order chi connectivity index (χ0) is 16.6. The van der Waals surface area contributed by atoms with Crippen LogP contribution in [0.25, 0.3) is 0 Å². The third-order valence-electron chi connectivity index (χ3n) is 2.83. The van der Waals surface area contributed by atoms with Crippen molar-refractivity contribution < 1.29 is 19.5 Å². The van der Waals surface area contributed by atoms with Gasteiger partial charge in [0.25, 0.3) is 0 Å². The summed E-state index contributed by atoms with van der Waals surface area (Å²) in [5, 5.41) is 22.7. The Labute approximate surface area is 124 Å². The molecule has 0 aliphatic heterocycles. The van der Waals surface area contributed by atoms with E-state index in [0.717, 1.165) is 0 Å². The van der Waals surface area contributed by atoms with E-state index in [0.29, 0.717) is 6.42 Å². The normalized spacial score (nSPS) is 14.7. The van der Waals surface area contributed by atoms with Gasteiger partial charge in [0, 0.05) is 12.8 Å². The number of nitrogens with zero attached hydrogens (tertiary/aromatic N) is 1. The second-order valence-corrected chi connectivity index (χ2v) is 5.55. The van der Waals surface area contributed by atoms with Crippen molar-refractivity contribution >= 4 is 17.8 Å². The molecular weight excluding hydrogens is 274 g/mol. The lowest BCUT2D eigenvalue weighted by Crippen LogP contribution is -2.52. The number of carboxylic acid groups (broad SMARTS) is 1. The van der Waals surface area contributed by atoms with Crippen LogP contribution in [0.15, 0.2) is 0 Å². The molecule has 0 aliphatic rings. The molecule has 0 aliphatic carbocycles. The summed E-state index contributed by atoms with van der Waals surface area (Å²) in [5.74, 6) is -2.43. The number of carbonyl (C=O) groups is 3. The fourth-order valence-electron chi connectivity index (χ4n) is 1.85. The first-order valence-electron chi connectivity index (χ1n) is 6.87. The van der Waals surface area contributed by atoms with Gasteiger partial charge in [0.15, 0.2) is 0 Å². The van der Waals surface area contributed by atoms with E-state index in [1.165, 1.54) is 6.92 Å². The van der Waals surface area contributed by atoms with Crippen LogP contribution in [0.5, 0.6) is 0 Å². The third kappa shape index (κ3) is 7.92. The predicted octanol–water partition coefficient (Wildman–Crippen LogP) is 0.656. The highest BCUT2D eigenvalue weighted by Crippen LogP contribution is 2.08. The molecular formula is C14H23N3O4. The number of aliphatic carboxylic acids is 1. The van der Waals surface area contributed by atoms with Crippen LogP contribution in [0, 0.1) is 23.2 Å². The van der Waals surface area contributed by atoms with Gasteiger partial charge in [0.1, 0.15) is 12.1 Å². The number of carbonyl (C=O) groups excluding carboxylic acids is 2. The van der Waals surface area contributed by atoms with E-state index >= 15 is 0 Å². The van der Waals surface area contributed by atoms with Crippen LogP contribution in [0.2, 0.25) is 0 Å². The highest BCUT2D eigenvalue weighted by atomic mass is 16.4. The van der Waals surface area contributed by atoms with Gasteiger partial charge in [0.05, 0.1) is 6.07 Å². The molecule has 0 bridgehead atoms. The monoisotopic (exact) mass is 297 g/mol. The van der Waals surface area contributed by atoms with Crippen molar-refractivity contribution in [2.75, 3.05) is 0 Å². The molecule has 118 valence electrons. The smallest absolute Gasteiger partial charge is 0.326 e. The minimum Gasteiger partial charge on any atom is -0.480 e. The molecule has 0 aromatic heterocycles. The van der Waals surface area contributed by atoms with Crippen LogP contribution < -0.4 is 10.6 Å². The third-order valence-corrected chi connectivity index (χ3v) is 2.83. The van der Waals surface area contributed by atoms with Crippen molar-refractivity contribution in [3.05, 3.63) is 0 Å². The number of rotatable bonds is 8. The van der Waals surface area contributed by atoms with Crippen molar-refractivity contribution in [2.45, 2.75) is 52.6 Å². The van der Waals surface area contributed by atoms with Gasteiger partial charge in [-0.05, 0) is 25.7 Å². The van der Waals surface area contributed by atoms with E-state index in [4.69, 9.17) is 10.4 Å². The van der Waals surface area contributed by atoms with Gasteiger partial charge in [-0.3, -0.25) is 9.59 Å². The van der Waals surface area contributed by atoms with Crippen molar-refractivity contribution in [3.63, 3.8) is 0 Å². The molecule has 3 atom stereocenters. The molecule has 0 aromatic rings. The second kappa shape index (κ2) is 8.95. The van der Waals surface area contributed by atoms with E-state index in [-0.39, 0.29) is 18.2 Å². The number of nitrogens with one attached hydrogen (secondary N) is 2. The predicted molar refractivity (Wildman–Crippen MR) is 76.0 cm³/mol. The van der Waals surface area contributed by atoms with Gasteiger partial charge in [-0.15, -0.1) is 0 Å². The molecule has 0 heterocycles. The molecule has 7 heteroatoms. The molecule has 0 fully saturated rings. The second-order valence-electron chi connectivity index (χ2n) is 5.55. The average Bonchev–Trinajstić information content (AvgIpc) is 2.35. The van der Waals surface area contributed by atoms with Gasteiger partial charge in [-0.25, -0.2) is 4.79 Å². The lowest BCUT2D eigenvalue weighted by molar-refractivity contribution is -0.142. The van der Waals surface area contributed by atoms with Crippen LogP contribution >= 0.6 is 0 Å². The topological polar surface area (TPSA) is 119 Å². The standard InChI is InChI=1S/C14H23N3O4/c1-8(2)5-11(16-10(4)18)13(19)17-12(14(20)21)6-9(3)7-15/h8-9,11-12H,5-6H2,1-4H3,(H,16,18)(H,17,19)(H,20,21)/t9-,11+,12+/m1/s1. The molecule has 0 aromatic carbocycles. The van der Waals surface area contributed by atoms with Crippen LogP contribution in [-0.4, -0.2) is 35.0 Å². The molecule has 0 spiro atoms. The van der Waals surface area contributed by atoms with Gasteiger partial charge in [-0.2, -0.15) is 5.26 Å². The Bertz CT molecular complexity index is 428. The summed E-state index contributed by atoms with van der Waals surface area (Å²) in [5.41, 5.74) is 0. The van der Waals surface area contributed by atoms with E-state index in [1.807, 2.05) is 19.9 Å². The maximum atomic E-state index is 12.1. The molecule has 3 N–H and O–H groups in total. The Morgan fingerprint density at radius 2 is 1.67 bits per heavy atom. The molecule has 0 radical (unpaired) electrons. The first kappa shape index (κ1) is 18.9. The maximum absolute atomic E-state index is 12.1. The fourth-order valence-corrected chi connectivity index (χ4v) is 1.85. The number of hydrogen-bond donors (Lipinski definition) is 3. The van der Waals surface area contributed by atoms with Gasteiger partial charge >= 0.3 is 5.97 Å². The summed E-state index contributed by atoms with van der Waals surface area (Å²) in [6.45, 7) is 6.68. The SMILES string of the molecule is CC(=O)N[C@@H](CC(C)C)C(=O)N[C@@H](C[C@@H](C)C#N)C(=O)O. The Kier molecular flexibility index (Phi) is 8.06. The molecule has 0 unspecified atom stereocenters. The van der Waals surface area contributed by atoms with Gasteiger partial charge in [0.2, 0.25) is 11.8 Å². The zero-order valence-electron chi connectivity index (χ0n) is 12.8. The lowest BCUT2D eigenvalue weighted by atomic mass is 10.0. The Hall–Kier alpha value is -2.10. The number of amides is 2. The summed E-state index contributed by atoms with van der Waals surface area (Å²) in [7, 11) is 0. The molecule has 7 nitrogen and oxygen atoms in total. The summed E-state index contributed by atoms with van der Waals surface area (Å²) < 4.78 is 0. The molecule has 21 heavy (non-hydrogen) atoms. The van der Waals surface area contributed by atoms with E-state index in [2.05, 4.69) is 10.6 Å². The van der Waals surface area contributed by atoms with Crippen LogP contribution in [0.4, 0.5) is 0 Å². The first-order chi connectivity index (χ1) is 9.67. The summed E-state index contributed by atoms with van der Waals surface area (Å²) in [6, 6.07) is 0.0136. The highest BCUT2D eigenvalue weighted by molar-refractivity contribution is 5.89.